The molecule has 0 aromatic heterocycles. The van der Waals surface area contributed by atoms with E-state index in [0.29, 0.717) is 0 Å². The van der Waals surface area contributed by atoms with Crippen molar-refractivity contribution in [1.82, 2.24) is 0 Å². The van der Waals surface area contributed by atoms with Crippen molar-refractivity contribution >= 4 is 16.5 Å². The van der Waals surface area contributed by atoms with E-state index in [1.54, 1.807) is 25.2 Å². The van der Waals surface area contributed by atoms with Crippen LogP contribution in [0.1, 0.15) is 5.56 Å². The van der Waals surface area contributed by atoms with Gasteiger partial charge < -0.3 is 10.4 Å². The van der Waals surface area contributed by atoms with Crippen LogP contribution in [0.4, 0.5) is 5.69 Å². The molecule has 3 heteroatoms. The normalized spacial score (nSPS) is 9.18. The zero-order valence-electron chi connectivity index (χ0n) is 9.28. The number of nitriles is 1. The van der Waals surface area contributed by atoms with Gasteiger partial charge in [-0.1, -0.05) is 18.1 Å². The second-order valence-corrected chi connectivity index (χ2v) is 3.51. The number of nitrogens with one attached hydrogen (secondary N) is 1. The average Bonchev–Trinajstić information content (AvgIpc) is 2.34. The number of hydrogen-bond donors (Lipinski definition) is 2. The van der Waals surface area contributed by atoms with E-state index in [9.17, 15) is 5.11 Å². The first-order valence-electron chi connectivity index (χ1n) is 5.10. The van der Waals surface area contributed by atoms with Gasteiger partial charge in [0, 0.05) is 35.7 Å². The Morgan fingerprint density at radius 1 is 1.29 bits per heavy atom. The van der Waals surface area contributed by atoms with Gasteiger partial charge in [-0.05, 0) is 17.5 Å². The topological polar surface area (TPSA) is 56.0 Å². The molecule has 0 aliphatic rings. The predicted molar refractivity (Wildman–Crippen MR) is 67.7 cm³/mol. The molecule has 0 radical (unpaired) electrons. The molecule has 2 N–H and O–H groups in total. The van der Waals surface area contributed by atoms with Crippen molar-refractivity contribution in [3.63, 3.8) is 0 Å². The van der Waals surface area contributed by atoms with Gasteiger partial charge in [0.2, 0.25) is 0 Å². The van der Waals surface area contributed by atoms with Gasteiger partial charge in [0.15, 0.2) is 6.07 Å². The summed E-state index contributed by atoms with van der Waals surface area (Å²) in [6.07, 6.45) is 0. The van der Waals surface area contributed by atoms with Crippen LogP contribution in [0.15, 0.2) is 30.3 Å². The van der Waals surface area contributed by atoms with E-state index in [1.165, 1.54) is 0 Å². The standard InChI is InChI=1S/C14H10N2O/c1-16-13-9-12(17)8-11-5-2-4-10(14(11)13)6-3-7-15/h2,4-5,8-9,16-17H,1H3. The lowest BCUT2D eigenvalue weighted by Gasteiger charge is -2.08. The zero-order valence-corrected chi connectivity index (χ0v) is 9.28. The molecule has 82 valence electrons. The summed E-state index contributed by atoms with van der Waals surface area (Å²) in [4.78, 5) is 0. The molecule has 0 atom stereocenters. The van der Waals surface area contributed by atoms with Gasteiger partial charge in [0.05, 0.1) is 0 Å². The molecule has 0 unspecified atom stereocenters. The van der Waals surface area contributed by atoms with E-state index in [0.717, 1.165) is 22.0 Å². The van der Waals surface area contributed by atoms with Crippen molar-refractivity contribution in [2.45, 2.75) is 0 Å². The molecule has 3 nitrogen and oxygen atoms in total. The van der Waals surface area contributed by atoms with Crippen LogP contribution < -0.4 is 5.32 Å². The lowest BCUT2D eigenvalue weighted by Crippen LogP contribution is -1.91. The smallest absolute Gasteiger partial charge is 0.152 e. The number of nitrogens with zero attached hydrogens (tertiary/aromatic N) is 1. The van der Waals surface area contributed by atoms with Crippen molar-refractivity contribution in [2.75, 3.05) is 12.4 Å². The predicted octanol–water partition coefficient (Wildman–Crippen LogP) is 2.46. The van der Waals surface area contributed by atoms with E-state index in [4.69, 9.17) is 5.26 Å². The van der Waals surface area contributed by atoms with Gasteiger partial charge in [-0.25, -0.2) is 0 Å². The number of anilines is 1. The van der Waals surface area contributed by atoms with E-state index < -0.39 is 0 Å². The Hall–Kier alpha value is -2.65. The Morgan fingerprint density at radius 3 is 2.82 bits per heavy atom. The molecular weight excluding hydrogens is 212 g/mol. The van der Waals surface area contributed by atoms with Crippen LogP contribution in [-0.2, 0) is 0 Å². The Bertz CT molecular complexity index is 672. The first-order valence-corrected chi connectivity index (χ1v) is 5.10. The molecule has 0 heterocycles. The number of aromatic hydroxyl groups is 1. The molecule has 0 saturated carbocycles. The molecule has 0 aliphatic heterocycles. The van der Waals surface area contributed by atoms with Crippen LogP contribution in [0.2, 0.25) is 0 Å². The number of phenolic OH excluding ortho intramolecular Hbond substituents is 1. The number of hydrogen-bond acceptors (Lipinski definition) is 3. The van der Waals surface area contributed by atoms with E-state index in [-0.39, 0.29) is 5.75 Å². The number of benzene rings is 2. The fraction of sp³-hybridized carbons (Fsp3) is 0.0714. The number of phenols is 1. The van der Waals surface area contributed by atoms with Crippen molar-refractivity contribution < 1.29 is 5.11 Å². The largest absolute Gasteiger partial charge is 0.508 e. The van der Waals surface area contributed by atoms with Crippen molar-refractivity contribution in [3.05, 3.63) is 35.9 Å². The third-order valence-corrected chi connectivity index (χ3v) is 2.48. The maximum Gasteiger partial charge on any atom is 0.152 e. The molecule has 0 fully saturated rings. The molecule has 2 aromatic rings. The highest BCUT2D eigenvalue weighted by Gasteiger charge is 2.05. The van der Waals surface area contributed by atoms with E-state index in [1.807, 2.05) is 18.2 Å². The molecule has 2 aromatic carbocycles. The van der Waals surface area contributed by atoms with Crippen molar-refractivity contribution in [3.8, 4) is 23.7 Å². The fourth-order valence-electron chi connectivity index (χ4n) is 1.81. The second-order valence-electron chi connectivity index (χ2n) is 3.51. The molecule has 2 rings (SSSR count). The third-order valence-electron chi connectivity index (χ3n) is 2.48. The summed E-state index contributed by atoms with van der Waals surface area (Å²) in [5.41, 5.74) is 1.57. The minimum absolute atomic E-state index is 0.201. The third kappa shape index (κ3) is 2.00. The summed E-state index contributed by atoms with van der Waals surface area (Å²) >= 11 is 0. The Morgan fingerprint density at radius 2 is 2.12 bits per heavy atom. The molecule has 17 heavy (non-hydrogen) atoms. The Labute approximate surface area is 99.3 Å². The SMILES string of the molecule is CNc1cc(O)cc2cccc(C#CC#N)c12. The summed E-state index contributed by atoms with van der Waals surface area (Å²) in [6, 6.07) is 10.7. The molecular formula is C14H10N2O. The summed E-state index contributed by atoms with van der Waals surface area (Å²) in [6.45, 7) is 0. The van der Waals surface area contributed by atoms with Gasteiger partial charge >= 0.3 is 0 Å². The first-order chi connectivity index (χ1) is 8.26. The van der Waals surface area contributed by atoms with Crippen LogP contribution in [0, 0.1) is 23.2 Å². The molecule has 0 aliphatic carbocycles. The van der Waals surface area contributed by atoms with E-state index in [2.05, 4.69) is 17.2 Å². The highest BCUT2D eigenvalue weighted by atomic mass is 16.3. The van der Waals surface area contributed by atoms with Crippen LogP contribution >= 0.6 is 0 Å². The number of fused-ring (bicyclic) bond motifs is 1. The highest BCUT2D eigenvalue weighted by Crippen LogP contribution is 2.30. The fourth-order valence-corrected chi connectivity index (χ4v) is 1.81. The zero-order chi connectivity index (χ0) is 12.3. The van der Waals surface area contributed by atoms with Gasteiger partial charge in [0.25, 0.3) is 0 Å². The average molecular weight is 222 g/mol. The summed E-state index contributed by atoms with van der Waals surface area (Å²) < 4.78 is 0. The number of rotatable bonds is 1. The molecule has 0 amide bonds. The minimum Gasteiger partial charge on any atom is -0.508 e. The maximum atomic E-state index is 9.58. The molecule has 0 spiro atoms. The quantitative estimate of drug-likeness (QED) is 0.729. The Balaban J connectivity index is 2.83. The van der Waals surface area contributed by atoms with Crippen LogP contribution in [0.25, 0.3) is 10.8 Å². The summed E-state index contributed by atoms with van der Waals surface area (Å²) in [5.74, 6) is 5.39. The van der Waals surface area contributed by atoms with Gasteiger partial charge in [-0.3, -0.25) is 0 Å². The van der Waals surface area contributed by atoms with Gasteiger partial charge in [-0.2, -0.15) is 5.26 Å². The lowest BCUT2D eigenvalue weighted by atomic mass is 10.0. The molecule has 0 bridgehead atoms. The molecule has 0 saturated heterocycles. The van der Waals surface area contributed by atoms with Gasteiger partial charge in [-0.15, -0.1) is 0 Å². The van der Waals surface area contributed by atoms with Gasteiger partial charge in [0.1, 0.15) is 5.75 Å². The van der Waals surface area contributed by atoms with Crippen LogP contribution in [0.3, 0.4) is 0 Å². The second kappa shape index (κ2) is 4.47. The highest BCUT2D eigenvalue weighted by molar-refractivity contribution is 5.99. The monoisotopic (exact) mass is 222 g/mol. The van der Waals surface area contributed by atoms with Crippen LogP contribution in [-0.4, -0.2) is 12.2 Å². The van der Waals surface area contributed by atoms with Crippen molar-refractivity contribution in [1.29, 1.82) is 5.26 Å². The van der Waals surface area contributed by atoms with E-state index >= 15 is 0 Å². The Kier molecular flexibility index (Phi) is 2.85. The first kappa shape index (κ1) is 10.9. The summed E-state index contributed by atoms with van der Waals surface area (Å²) in [5, 5.41) is 22.9. The minimum atomic E-state index is 0.201. The van der Waals surface area contributed by atoms with Crippen molar-refractivity contribution in [2.24, 2.45) is 0 Å². The lowest BCUT2D eigenvalue weighted by molar-refractivity contribution is 0.476. The maximum absolute atomic E-state index is 9.58. The summed E-state index contributed by atoms with van der Waals surface area (Å²) in [7, 11) is 1.78. The van der Waals surface area contributed by atoms with Crippen LogP contribution in [0.5, 0.6) is 5.75 Å².